The summed E-state index contributed by atoms with van der Waals surface area (Å²) in [5.74, 6) is -0.262. The van der Waals surface area contributed by atoms with Crippen LogP contribution in [-0.4, -0.2) is 39.8 Å². The SMILES string of the molecule is COCCN(Cc1ccc(F)cc1)Cc1cc(=O)n2nc(-c3ccccc3)sc2n1. The molecule has 2 heterocycles. The molecule has 0 aliphatic rings. The fourth-order valence-electron chi connectivity index (χ4n) is 3.15. The molecule has 0 radical (unpaired) electrons. The van der Waals surface area contributed by atoms with Gasteiger partial charge in [0.15, 0.2) is 0 Å². The Labute approximate surface area is 177 Å². The highest BCUT2D eigenvalue weighted by Crippen LogP contribution is 2.24. The van der Waals surface area contributed by atoms with Crippen LogP contribution in [0, 0.1) is 5.82 Å². The van der Waals surface area contributed by atoms with E-state index in [9.17, 15) is 9.18 Å². The maximum absolute atomic E-state index is 13.2. The second kappa shape index (κ2) is 9.25. The van der Waals surface area contributed by atoms with E-state index in [4.69, 9.17) is 4.74 Å². The first-order valence-electron chi connectivity index (χ1n) is 9.53. The van der Waals surface area contributed by atoms with Crippen LogP contribution in [-0.2, 0) is 17.8 Å². The van der Waals surface area contributed by atoms with E-state index < -0.39 is 0 Å². The van der Waals surface area contributed by atoms with Crippen LogP contribution in [0.5, 0.6) is 0 Å². The first-order valence-corrected chi connectivity index (χ1v) is 10.3. The van der Waals surface area contributed by atoms with Crippen LogP contribution in [0.2, 0.25) is 0 Å². The van der Waals surface area contributed by atoms with Gasteiger partial charge in [0.25, 0.3) is 5.56 Å². The summed E-state index contributed by atoms with van der Waals surface area (Å²) in [5.41, 5.74) is 2.39. The Morgan fingerprint density at radius 3 is 2.60 bits per heavy atom. The smallest absolute Gasteiger partial charge is 0.275 e. The molecule has 8 heteroatoms. The highest BCUT2D eigenvalue weighted by Gasteiger charge is 2.13. The van der Waals surface area contributed by atoms with Crippen molar-refractivity contribution in [2.75, 3.05) is 20.3 Å². The van der Waals surface area contributed by atoms with E-state index in [1.165, 1.54) is 34.1 Å². The molecule has 0 saturated carbocycles. The van der Waals surface area contributed by atoms with Gasteiger partial charge in [-0.2, -0.15) is 9.61 Å². The van der Waals surface area contributed by atoms with Crippen LogP contribution in [0.4, 0.5) is 4.39 Å². The number of methoxy groups -OCH3 is 1. The molecule has 0 aliphatic heterocycles. The highest BCUT2D eigenvalue weighted by molar-refractivity contribution is 7.19. The zero-order valence-corrected chi connectivity index (χ0v) is 17.3. The first-order chi connectivity index (χ1) is 14.6. The van der Waals surface area contributed by atoms with E-state index in [1.807, 2.05) is 30.3 Å². The molecule has 6 nitrogen and oxygen atoms in total. The van der Waals surface area contributed by atoms with E-state index in [0.29, 0.717) is 36.9 Å². The molecular formula is C22H21FN4O2S. The molecule has 0 N–H and O–H groups in total. The van der Waals surface area contributed by atoms with Crippen molar-refractivity contribution >= 4 is 16.3 Å². The lowest BCUT2D eigenvalue weighted by molar-refractivity contribution is 0.139. The molecule has 0 amide bonds. The van der Waals surface area contributed by atoms with Crippen molar-refractivity contribution in [3.8, 4) is 10.6 Å². The Morgan fingerprint density at radius 1 is 1.10 bits per heavy atom. The van der Waals surface area contributed by atoms with Gasteiger partial charge in [0.2, 0.25) is 4.96 Å². The van der Waals surface area contributed by atoms with Gasteiger partial charge in [-0.25, -0.2) is 9.37 Å². The van der Waals surface area contributed by atoms with Crippen LogP contribution in [0.1, 0.15) is 11.3 Å². The van der Waals surface area contributed by atoms with Gasteiger partial charge in [0.1, 0.15) is 10.8 Å². The van der Waals surface area contributed by atoms with Gasteiger partial charge in [-0.3, -0.25) is 9.69 Å². The number of nitrogens with zero attached hydrogens (tertiary/aromatic N) is 4. The predicted octanol–water partition coefficient (Wildman–Crippen LogP) is 3.61. The van der Waals surface area contributed by atoms with E-state index in [0.717, 1.165) is 16.1 Å². The molecule has 154 valence electrons. The molecule has 0 unspecified atom stereocenters. The maximum atomic E-state index is 13.2. The fraction of sp³-hybridized carbons (Fsp3) is 0.227. The molecule has 0 spiro atoms. The third kappa shape index (κ3) is 4.79. The fourth-order valence-corrected chi connectivity index (χ4v) is 4.08. The van der Waals surface area contributed by atoms with E-state index in [2.05, 4.69) is 15.0 Å². The number of rotatable bonds is 8. The lowest BCUT2D eigenvalue weighted by Gasteiger charge is -2.21. The Morgan fingerprint density at radius 2 is 1.87 bits per heavy atom. The molecule has 0 atom stereocenters. The van der Waals surface area contributed by atoms with Crippen molar-refractivity contribution in [1.82, 2.24) is 19.5 Å². The van der Waals surface area contributed by atoms with Crippen LogP contribution in [0.3, 0.4) is 0 Å². The zero-order valence-electron chi connectivity index (χ0n) is 16.5. The number of halogens is 1. The van der Waals surface area contributed by atoms with Crippen molar-refractivity contribution in [2.24, 2.45) is 0 Å². The second-order valence-electron chi connectivity index (χ2n) is 6.88. The van der Waals surface area contributed by atoms with Crippen LogP contribution in [0.15, 0.2) is 65.5 Å². The summed E-state index contributed by atoms with van der Waals surface area (Å²) in [6.07, 6.45) is 0. The average Bonchev–Trinajstić information content (AvgIpc) is 3.19. The van der Waals surface area contributed by atoms with Crippen molar-refractivity contribution in [2.45, 2.75) is 13.1 Å². The minimum absolute atomic E-state index is 0.207. The molecule has 0 aliphatic carbocycles. The molecule has 4 aromatic rings. The van der Waals surface area contributed by atoms with Gasteiger partial charge >= 0.3 is 0 Å². The lowest BCUT2D eigenvalue weighted by atomic mass is 10.2. The topological polar surface area (TPSA) is 59.7 Å². The molecule has 2 aromatic heterocycles. The Hall–Kier alpha value is -2.94. The summed E-state index contributed by atoms with van der Waals surface area (Å²) in [5, 5.41) is 5.17. The Bertz CT molecular complexity index is 1180. The van der Waals surface area contributed by atoms with Crippen molar-refractivity contribution in [1.29, 1.82) is 0 Å². The number of benzene rings is 2. The summed E-state index contributed by atoms with van der Waals surface area (Å²) in [7, 11) is 1.65. The summed E-state index contributed by atoms with van der Waals surface area (Å²) in [6.45, 7) is 2.28. The van der Waals surface area contributed by atoms with Crippen LogP contribution < -0.4 is 5.56 Å². The quantitative estimate of drug-likeness (QED) is 0.433. The average molecular weight is 425 g/mol. The Balaban J connectivity index is 1.59. The summed E-state index contributed by atoms with van der Waals surface area (Å²) < 4.78 is 19.8. The Kier molecular flexibility index (Phi) is 6.27. The summed E-state index contributed by atoms with van der Waals surface area (Å²) in [6, 6.07) is 17.7. The van der Waals surface area contributed by atoms with E-state index in [-0.39, 0.29) is 11.4 Å². The van der Waals surface area contributed by atoms with Gasteiger partial charge in [-0.05, 0) is 17.7 Å². The van der Waals surface area contributed by atoms with E-state index >= 15 is 0 Å². The molecule has 4 rings (SSSR count). The number of hydrogen-bond donors (Lipinski definition) is 0. The van der Waals surface area contributed by atoms with Crippen molar-refractivity contribution in [3.05, 3.63) is 88.1 Å². The van der Waals surface area contributed by atoms with Crippen molar-refractivity contribution in [3.63, 3.8) is 0 Å². The molecule has 0 bridgehead atoms. The van der Waals surface area contributed by atoms with Gasteiger partial charge in [-0.15, -0.1) is 0 Å². The van der Waals surface area contributed by atoms with Gasteiger partial charge in [0, 0.05) is 38.4 Å². The number of aromatic nitrogens is 3. The minimum Gasteiger partial charge on any atom is -0.383 e. The third-order valence-corrected chi connectivity index (χ3v) is 5.59. The third-order valence-electron chi connectivity index (χ3n) is 4.64. The first kappa shape index (κ1) is 20.3. The molecule has 0 fully saturated rings. The van der Waals surface area contributed by atoms with Crippen molar-refractivity contribution < 1.29 is 9.13 Å². The second-order valence-corrected chi connectivity index (χ2v) is 7.84. The summed E-state index contributed by atoms with van der Waals surface area (Å²) in [4.78, 5) is 20.0. The highest BCUT2D eigenvalue weighted by atomic mass is 32.1. The molecular weight excluding hydrogens is 403 g/mol. The normalized spacial score (nSPS) is 11.4. The largest absolute Gasteiger partial charge is 0.383 e. The maximum Gasteiger partial charge on any atom is 0.275 e. The number of hydrogen-bond acceptors (Lipinski definition) is 6. The van der Waals surface area contributed by atoms with Crippen LogP contribution >= 0.6 is 11.3 Å². The molecule has 30 heavy (non-hydrogen) atoms. The van der Waals surface area contributed by atoms with Gasteiger partial charge in [-0.1, -0.05) is 53.8 Å². The number of ether oxygens (including phenoxy) is 1. The number of fused-ring (bicyclic) bond motifs is 1. The minimum atomic E-state index is -0.262. The van der Waals surface area contributed by atoms with Gasteiger partial charge in [0.05, 0.1) is 12.3 Å². The summed E-state index contributed by atoms with van der Waals surface area (Å²) >= 11 is 1.39. The van der Waals surface area contributed by atoms with E-state index in [1.54, 1.807) is 19.2 Å². The molecule has 0 saturated heterocycles. The zero-order chi connectivity index (χ0) is 20.9. The standard InChI is InChI=1S/C22H21FN4O2S/c1-29-12-11-26(14-16-7-9-18(23)10-8-16)15-19-13-20(28)27-22(24-19)30-21(25-27)17-5-3-2-4-6-17/h2-10,13H,11-12,14-15H2,1H3. The van der Waals surface area contributed by atoms with Crippen LogP contribution in [0.25, 0.3) is 15.5 Å². The van der Waals surface area contributed by atoms with Gasteiger partial charge < -0.3 is 4.74 Å². The monoisotopic (exact) mass is 424 g/mol. The molecule has 2 aromatic carbocycles. The lowest BCUT2D eigenvalue weighted by Crippen LogP contribution is -2.28. The predicted molar refractivity (Wildman–Crippen MR) is 115 cm³/mol.